The predicted octanol–water partition coefficient (Wildman–Crippen LogP) is 3.00. The van der Waals surface area contributed by atoms with E-state index in [-0.39, 0.29) is 0 Å². The van der Waals surface area contributed by atoms with Crippen molar-refractivity contribution in [1.29, 1.82) is 0 Å². The van der Waals surface area contributed by atoms with E-state index < -0.39 is 6.09 Å². The molecular formula is C15H19NO3. The summed E-state index contributed by atoms with van der Waals surface area (Å²) < 4.78 is 10.5. The van der Waals surface area contributed by atoms with Gasteiger partial charge in [-0.1, -0.05) is 30.3 Å². The maximum absolute atomic E-state index is 11.7. The van der Waals surface area contributed by atoms with Crippen LogP contribution in [-0.4, -0.2) is 19.3 Å². The fraction of sp³-hybridized carbons (Fsp3) is 0.400. The summed E-state index contributed by atoms with van der Waals surface area (Å²) in [5, 5.41) is 2.78. The van der Waals surface area contributed by atoms with Gasteiger partial charge in [-0.25, -0.2) is 4.79 Å². The highest BCUT2D eigenvalue weighted by Gasteiger charge is 2.11. The Morgan fingerprint density at radius 1 is 1.26 bits per heavy atom. The SMILES string of the molecule is CC(NC(=O)OCc1ccccc1)=C1CCOCC1. The zero-order valence-corrected chi connectivity index (χ0v) is 11.1. The fourth-order valence-electron chi connectivity index (χ4n) is 1.99. The Labute approximate surface area is 113 Å². The minimum atomic E-state index is -0.402. The Morgan fingerprint density at radius 3 is 2.63 bits per heavy atom. The molecule has 4 nitrogen and oxygen atoms in total. The first kappa shape index (κ1) is 13.6. The van der Waals surface area contributed by atoms with E-state index in [9.17, 15) is 4.79 Å². The molecule has 0 unspecified atom stereocenters. The third-order valence-corrected chi connectivity index (χ3v) is 3.13. The van der Waals surface area contributed by atoms with Gasteiger partial charge in [-0.2, -0.15) is 0 Å². The van der Waals surface area contributed by atoms with Crippen molar-refractivity contribution in [3.63, 3.8) is 0 Å². The average molecular weight is 261 g/mol. The lowest BCUT2D eigenvalue weighted by atomic mass is 10.1. The summed E-state index contributed by atoms with van der Waals surface area (Å²) >= 11 is 0. The fourth-order valence-corrected chi connectivity index (χ4v) is 1.99. The number of hydrogen-bond acceptors (Lipinski definition) is 3. The van der Waals surface area contributed by atoms with Crippen LogP contribution in [0.25, 0.3) is 0 Å². The predicted molar refractivity (Wildman–Crippen MR) is 72.5 cm³/mol. The van der Waals surface area contributed by atoms with Gasteiger partial charge in [-0.3, -0.25) is 5.32 Å². The number of rotatable bonds is 3. The first-order chi connectivity index (χ1) is 9.25. The number of benzene rings is 1. The first-order valence-corrected chi connectivity index (χ1v) is 6.50. The molecule has 2 rings (SSSR count). The summed E-state index contributed by atoms with van der Waals surface area (Å²) in [6.45, 7) is 3.66. The topological polar surface area (TPSA) is 47.6 Å². The molecule has 0 saturated carbocycles. The van der Waals surface area contributed by atoms with E-state index in [1.165, 1.54) is 5.57 Å². The molecule has 1 heterocycles. The Bertz CT molecular complexity index is 446. The molecule has 1 N–H and O–H groups in total. The van der Waals surface area contributed by atoms with Gasteiger partial charge in [-0.15, -0.1) is 0 Å². The molecule has 4 heteroatoms. The molecule has 1 fully saturated rings. The molecule has 19 heavy (non-hydrogen) atoms. The van der Waals surface area contributed by atoms with E-state index >= 15 is 0 Å². The lowest BCUT2D eigenvalue weighted by molar-refractivity contribution is 0.117. The zero-order chi connectivity index (χ0) is 13.5. The molecular weight excluding hydrogens is 242 g/mol. The Balaban J connectivity index is 1.81. The second-order valence-corrected chi connectivity index (χ2v) is 4.53. The molecule has 1 aromatic rings. The molecule has 0 atom stereocenters. The minimum absolute atomic E-state index is 0.290. The van der Waals surface area contributed by atoms with Gasteiger partial charge >= 0.3 is 6.09 Å². The lowest BCUT2D eigenvalue weighted by Gasteiger charge is -2.18. The van der Waals surface area contributed by atoms with Gasteiger partial charge in [0.1, 0.15) is 6.61 Å². The zero-order valence-electron chi connectivity index (χ0n) is 11.1. The van der Waals surface area contributed by atoms with Crippen molar-refractivity contribution in [2.75, 3.05) is 13.2 Å². The molecule has 102 valence electrons. The summed E-state index contributed by atoms with van der Waals surface area (Å²) in [4.78, 5) is 11.7. The van der Waals surface area contributed by atoms with Crippen molar-refractivity contribution < 1.29 is 14.3 Å². The van der Waals surface area contributed by atoms with Crippen molar-refractivity contribution >= 4 is 6.09 Å². The molecule has 1 amide bonds. The van der Waals surface area contributed by atoms with Gasteiger partial charge in [-0.05, 0) is 30.9 Å². The van der Waals surface area contributed by atoms with Crippen LogP contribution in [0.1, 0.15) is 25.3 Å². The monoisotopic (exact) mass is 261 g/mol. The van der Waals surface area contributed by atoms with Crippen LogP contribution in [0.5, 0.6) is 0 Å². The number of amides is 1. The maximum atomic E-state index is 11.7. The quantitative estimate of drug-likeness (QED) is 0.909. The third kappa shape index (κ3) is 4.41. The molecule has 1 aromatic carbocycles. The Hall–Kier alpha value is -1.81. The molecule has 0 aromatic heterocycles. The minimum Gasteiger partial charge on any atom is -0.444 e. The normalized spacial score (nSPS) is 14.9. The second kappa shape index (κ2) is 6.95. The Morgan fingerprint density at radius 2 is 1.95 bits per heavy atom. The first-order valence-electron chi connectivity index (χ1n) is 6.50. The number of ether oxygens (including phenoxy) is 2. The number of carbonyl (C=O) groups is 1. The largest absolute Gasteiger partial charge is 0.444 e. The van der Waals surface area contributed by atoms with Gasteiger partial charge in [0.15, 0.2) is 0 Å². The average Bonchev–Trinajstić information content (AvgIpc) is 2.47. The standard InChI is InChI=1S/C15H19NO3/c1-12(14-7-9-18-10-8-14)16-15(17)19-11-13-5-3-2-4-6-13/h2-6H,7-11H2,1H3,(H,16,17). The summed E-state index contributed by atoms with van der Waals surface area (Å²) in [5.74, 6) is 0. The second-order valence-electron chi connectivity index (χ2n) is 4.53. The molecule has 0 aliphatic carbocycles. The number of carbonyl (C=O) groups excluding carboxylic acids is 1. The van der Waals surface area contributed by atoms with Gasteiger partial charge < -0.3 is 9.47 Å². The highest BCUT2D eigenvalue weighted by molar-refractivity contribution is 5.69. The number of nitrogens with one attached hydrogen (secondary N) is 1. The molecule has 1 saturated heterocycles. The van der Waals surface area contributed by atoms with Crippen molar-refractivity contribution in [3.05, 3.63) is 47.2 Å². The van der Waals surface area contributed by atoms with Crippen molar-refractivity contribution in [2.45, 2.75) is 26.4 Å². The molecule has 0 bridgehead atoms. The van der Waals surface area contributed by atoms with E-state index in [1.807, 2.05) is 37.3 Å². The van der Waals surface area contributed by atoms with Crippen LogP contribution in [0.2, 0.25) is 0 Å². The lowest BCUT2D eigenvalue weighted by Crippen LogP contribution is -2.24. The molecule has 1 aliphatic heterocycles. The number of alkyl carbamates (subject to hydrolysis) is 1. The van der Waals surface area contributed by atoms with E-state index in [0.29, 0.717) is 6.61 Å². The highest BCUT2D eigenvalue weighted by atomic mass is 16.5. The van der Waals surface area contributed by atoms with E-state index in [2.05, 4.69) is 5.32 Å². The number of allylic oxidation sites excluding steroid dienone is 1. The van der Waals surface area contributed by atoms with Crippen LogP contribution >= 0.6 is 0 Å². The number of hydrogen-bond donors (Lipinski definition) is 1. The summed E-state index contributed by atoms with van der Waals surface area (Å²) in [6.07, 6.45) is 1.36. The van der Waals surface area contributed by atoms with Crippen LogP contribution < -0.4 is 5.32 Å². The van der Waals surface area contributed by atoms with Crippen molar-refractivity contribution in [1.82, 2.24) is 5.32 Å². The van der Waals surface area contributed by atoms with Crippen LogP contribution in [0.4, 0.5) is 4.79 Å². The van der Waals surface area contributed by atoms with Crippen LogP contribution in [-0.2, 0) is 16.1 Å². The van der Waals surface area contributed by atoms with E-state index in [0.717, 1.165) is 37.3 Å². The summed E-state index contributed by atoms with van der Waals surface area (Å²) in [5.41, 5.74) is 3.11. The molecule has 1 aliphatic rings. The van der Waals surface area contributed by atoms with Crippen LogP contribution in [0.3, 0.4) is 0 Å². The van der Waals surface area contributed by atoms with Crippen LogP contribution in [0.15, 0.2) is 41.6 Å². The van der Waals surface area contributed by atoms with Gasteiger partial charge in [0, 0.05) is 5.70 Å². The smallest absolute Gasteiger partial charge is 0.411 e. The summed E-state index contributed by atoms with van der Waals surface area (Å²) in [6, 6.07) is 9.63. The Kier molecular flexibility index (Phi) is 4.98. The van der Waals surface area contributed by atoms with Gasteiger partial charge in [0.25, 0.3) is 0 Å². The van der Waals surface area contributed by atoms with Crippen molar-refractivity contribution in [3.8, 4) is 0 Å². The third-order valence-electron chi connectivity index (χ3n) is 3.13. The molecule has 0 radical (unpaired) electrons. The van der Waals surface area contributed by atoms with Crippen molar-refractivity contribution in [2.24, 2.45) is 0 Å². The van der Waals surface area contributed by atoms with Gasteiger partial charge in [0.2, 0.25) is 0 Å². The van der Waals surface area contributed by atoms with E-state index in [4.69, 9.17) is 9.47 Å². The van der Waals surface area contributed by atoms with E-state index in [1.54, 1.807) is 0 Å². The van der Waals surface area contributed by atoms with Gasteiger partial charge in [0.05, 0.1) is 13.2 Å². The summed E-state index contributed by atoms with van der Waals surface area (Å²) in [7, 11) is 0. The van der Waals surface area contributed by atoms with Crippen LogP contribution in [0, 0.1) is 0 Å². The molecule has 0 spiro atoms. The highest BCUT2D eigenvalue weighted by Crippen LogP contribution is 2.16. The maximum Gasteiger partial charge on any atom is 0.411 e.